The summed E-state index contributed by atoms with van der Waals surface area (Å²) in [5.74, 6) is -1.47. The molecule has 0 aliphatic rings. The van der Waals surface area contributed by atoms with E-state index in [0.29, 0.717) is 6.42 Å². The fourth-order valence-corrected chi connectivity index (χ4v) is 1.21. The second-order valence-electron chi connectivity index (χ2n) is 3.79. The lowest BCUT2D eigenvalue weighted by molar-refractivity contribution is -0.157. The van der Waals surface area contributed by atoms with Crippen LogP contribution in [0.5, 0.6) is 0 Å². The summed E-state index contributed by atoms with van der Waals surface area (Å²) in [4.78, 5) is 22.6. The topological polar surface area (TPSA) is 69.4 Å². The van der Waals surface area contributed by atoms with Crippen molar-refractivity contribution in [2.75, 3.05) is 0 Å². The lowest BCUT2D eigenvalue weighted by Crippen LogP contribution is -2.35. The van der Waals surface area contributed by atoms with Gasteiger partial charge in [0.15, 0.2) is 0 Å². The molecule has 4 heteroatoms. The zero-order valence-corrected chi connectivity index (χ0v) is 9.68. The van der Waals surface area contributed by atoms with Crippen molar-refractivity contribution < 1.29 is 14.3 Å². The Labute approximate surface area is 100 Å². The van der Waals surface area contributed by atoms with Gasteiger partial charge in [-0.1, -0.05) is 36.9 Å². The van der Waals surface area contributed by atoms with Crippen LogP contribution in [0.1, 0.15) is 12.5 Å². The van der Waals surface area contributed by atoms with Crippen LogP contribution in [-0.2, 0) is 20.7 Å². The zero-order valence-electron chi connectivity index (χ0n) is 9.68. The summed E-state index contributed by atoms with van der Waals surface area (Å²) < 4.78 is 4.54. The third-order valence-electron chi connectivity index (χ3n) is 2.14. The van der Waals surface area contributed by atoms with Crippen molar-refractivity contribution in [2.45, 2.75) is 19.4 Å². The summed E-state index contributed by atoms with van der Waals surface area (Å²) in [6.07, 6.45) is 0.336. The van der Waals surface area contributed by atoms with E-state index in [1.54, 1.807) is 0 Å². The Morgan fingerprint density at radius 1 is 1.35 bits per heavy atom. The monoisotopic (exact) mass is 233 g/mol. The van der Waals surface area contributed by atoms with Gasteiger partial charge >= 0.3 is 11.9 Å². The van der Waals surface area contributed by atoms with Crippen molar-refractivity contribution in [3.05, 3.63) is 48.0 Å². The molecule has 0 aliphatic carbocycles. The quantitative estimate of drug-likeness (QED) is 0.482. The summed E-state index contributed by atoms with van der Waals surface area (Å²) in [6, 6.07) is 8.44. The van der Waals surface area contributed by atoms with Crippen molar-refractivity contribution in [2.24, 2.45) is 5.73 Å². The van der Waals surface area contributed by atoms with E-state index in [4.69, 9.17) is 5.73 Å². The summed E-state index contributed by atoms with van der Waals surface area (Å²) in [5.41, 5.74) is 6.73. The molecule has 4 nitrogen and oxygen atoms in total. The SMILES string of the molecule is C=C(C)C(=O)OC(=O)[C@@H](N)Cc1ccccc1. The standard InChI is InChI=1S/C13H15NO3/c1-9(2)12(15)17-13(16)11(14)8-10-6-4-3-5-7-10/h3-7,11H,1,8,14H2,2H3/t11-/m0/s1. The smallest absolute Gasteiger partial charge is 0.340 e. The summed E-state index contributed by atoms with van der Waals surface area (Å²) in [7, 11) is 0. The molecule has 1 aromatic carbocycles. The van der Waals surface area contributed by atoms with Crippen molar-refractivity contribution >= 4 is 11.9 Å². The molecule has 0 aromatic heterocycles. The second kappa shape index (κ2) is 5.96. The maximum absolute atomic E-state index is 11.5. The molecule has 0 radical (unpaired) electrons. The van der Waals surface area contributed by atoms with Crippen LogP contribution in [0.3, 0.4) is 0 Å². The van der Waals surface area contributed by atoms with Crippen LogP contribution in [-0.4, -0.2) is 18.0 Å². The number of carbonyl (C=O) groups excluding carboxylic acids is 2. The average molecular weight is 233 g/mol. The second-order valence-corrected chi connectivity index (χ2v) is 3.79. The minimum Gasteiger partial charge on any atom is -0.389 e. The number of nitrogens with two attached hydrogens (primary N) is 1. The number of hydrogen-bond acceptors (Lipinski definition) is 4. The summed E-state index contributed by atoms with van der Waals surface area (Å²) in [5, 5.41) is 0. The van der Waals surface area contributed by atoms with E-state index < -0.39 is 18.0 Å². The minimum absolute atomic E-state index is 0.172. The van der Waals surface area contributed by atoms with Crippen LogP contribution in [0, 0.1) is 0 Å². The highest BCUT2D eigenvalue weighted by Gasteiger charge is 2.19. The van der Waals surface area contributed by atoms with Gasteiger partial charge in [-0.3, -0.25) is 0 Å². The van der Waals surface area contributed by atoms with Crippen molar-refractivity contribution in [3.8, 4) is 0 Å². The predicted molar refractivity (Wildman–Crippen MR) is 64.0 cm³/mol. The van der Waals surface area contributed by atoms with E-state index in [2.05, 4.69) is 11.3 Å². The molecule has 17 heavy (non-hydrogen) atoms. The van der Waals surface area contributed by atoms with Crippen molar-refractivity contribution in [1.29, 1.82) is 0 Å². The van der Waals surface area contributed by atoms with Crippen LogP contribution in [0.2, 0.25) is 0 Å². The fraction of sp³-hybridized carbons (Fsp3) is 0.231. The van der Waals surface area contributed by atoms with Gasteiger partial charge in [-0.05, 0) is 18.9 Å². The minimum atomic E-state index is -0.847. The lowest BCUT2D eigenvalue weighted by atomic mass is 10.1. The Morgan fingerprint density at radius 2 is 1.94 bits per heavy atom. The number of ether oxygens (including phenoxy) is 1. The number of rotatable bonds is 4. The molecule has 0 bridgehead atoms. The zero-order chi connectivity index (χ0) is 12.8. The first-order valence-corrected chi connectivity index (χ1v) is 5.21. The molecule has 1 rings (SSSR count). The molecule has 0 saturated heterocycles. The molecule has 0 saturated carbocycles. The molecule has 0 unspecified atom stereocenters. The van der Waals surface area contributed by atoms with Gasteiger partial charge < -0.3 is 10.5 Å². The van der Waals surface area contributed by atoms with E-state index in [9.17, 15) is 9.59 Å². The van der Waals surface area contributed by atoms with E-state index in [0.717, 1.165) is 5.56 Å². The normalized spacial score (nSPS) is 11.6. The van der Waals surface area contributed by atoms with Gasteiger partial charge in [0, 0.05) is 5.57 Å². The lowest BCUT2D eigenvalue weighted by Gasteiger charge is -2.10. The van der Waals surface area contributed by atoms with E-state index >= 15 is 0 Å². The molecule has 2 N–H and O–H groups in total. The first-order chi connectivity index (χ1) is 8.00. The predicted octanol–water partition coefficient (Wildman–Crippen LogP) is 1.20. The third-order valence-corrected chi connectivity index (χ3v) is 2.14. The Bertz CT molecular complexity index is 426. The maximum Gasteiger partial charge on any atom is 0.340 e. The van der Waals surface area contributed by atoms with E-state index in [1.807, 2.05) is 30.3 Å². The van der Waals surface area contributed by atoms with Gasteiger partial charge in [0.25, 0.3) is 0 Å². The molecular formula is C13H15NO3. The first kappa shape index (κ1) is 13.1. The van der Waals surface area contributed by atoms with Crippen LogP contribution in [0.25, 0.3) is 0 Å². The highest BCUT2D eigenvalue weighted by Crippen LogP contribution is 2.04. The molecular weight excluding hydrogens is 218 g/mol. The highest BCUT2D eigenvalue weighted by molar-refractivity contribution is 5.96. The van der Waals surface area contributed by atoms with Gasteiger partial charge in [0.05, 0.1) is 0 Å². The molecule has 1 aromatic rings. The van der Waals surface area contributed by atoms with Gasteiger partial charge in [0.2, 0.25) is 0 Å². The molecule has 0 amide bonds. The van der Waals surface area contributed by atoms with Crippen LogP contribution >= 0.6 is 0 Å². The third kappa shape index (κ3) is 4.20. The summed E-state index contributed by atoms with van der Waals surface area (Å²) in [6.45, 7) is 4.85. The van der Waals surface area contributed by atoms with Gasteiger partial charge in [0.1, 0.15) is 6.04 Å². The largest absolute Gasteiger partial charge is 0.389 e. The maximum atomic E-state index is 11.5. The van der Waals surface area contributed by atoms with E-state index in [1.165, 1.54) is 6.92 Å². The Morgan fingerprint density at radius 3 is 2.47 bits per heavy atom. The highest BCUT2D eigenvalue weighted by atomic mass is 16.6. The molecule has 0 heterocycles. The number of hydrogen-bond donors (Lipinski definition) is 1. The molecule has 1 atom stereocenters. The Kier molecular flexibility index (Phi) is 4.60. The van der Waals surface area contributed by atoms with Gasteiger partial charge in [-0.15, -0.1) is 0 Å². The molecule has 0 aliphatic heterocycles. The van der Waals surface area contributed by atoms with Gasteiger partial charge in [-0.25, -0.2) is 9.59 Å². The molecule has 0 spiro atoms. The molecule has 0 fully saturated rings. The first-order valence-electron chi connectivity index (χ1n) is 5.21. The average Bonchev–Trinajstić information content (AvgIpc) is 2.29. The van der Waals surface area contributed by atoms with E-state index in [-0.39, 0.29) is 5.57 Å². The fourth-order valence-electron chi connectivity index (χ4n) is 1.21. The molecule has 90 valence electrons. The number of benzene rings is 1. The number of carbonyl (C=O) groups is 2. The summed E-state index contributed by atoms with van der Waals surface area (Å²) >= 11 is 0. The van der Waals surface area contributed by atoms with Crippen molar-refractivity contribution in [1.82, 2.24) is 0 Å². The van der Waals surface area contributed by atoms with Crippen LogP contribution in [0.15, 0.2) is 42.5 Å². The number of esters is 2. The Hall–Kier alpha value is -1.94. The van der Waals surface area contributed by atoms with Crippen molar-refractivity contribution in [3.63, 3.8) is 0 Å². The van der Waals surface area contributed by atoms with Crippen LogP contribution < -0.4 is 5.73 Å². The van der Waals surface area contributed by atoms with Gasteiger partial charge in [-0.2, -0.15) is 0 Å². The van der Waals surface area contributed by atoms with Crippen LogP contribution in [0.4, 0.5) is 0 Å². The Balaban J connectivity index is 2.53.